The van der Waals surface area contributed by atoms with Gasteiger partial charge in [-0.25, -0.2) is 0 Å². The Morgan fingerprint density at radius 1 is 1.54 bits per heavy atom. The highest BCUT2D eigenvalue weighted by Crippen LogP contribution is 2.43. The number of tetrazole rings is 1. The van der Waals surface area contributed by atoms with Crippen LogP contribution in [0.4, 0.5) is 0 Å². The lowest BCUT2D eigenvalue weighted by Crippen LogP contribution is -2.72. The Morgan fingerprint density at radius 3 is 3.17 bits per heavy atom. The fourth-order valence-corrected chi connectivity index (χ4v) is 5.39. The maximum absolute atomic E-state index is 11.9. The highest BCUT2D eigenvalue weighted by Gasteiger charge is 2.55. The van der Waals surface area contributed by atoms with Gasteiger partial charge in [0.1, 0.15) is 21.9 Å². The van der Waals surface area contributed by atoms with E-state index in [0.29, 0.717) is 22.2 Å². The number of β-lactam (4-membered cyclic amide) rings is 1. The number of carbonyl (C=O) groups is 2. The first-order chi connectivity index (χ1) is 11.5. The first-order valence-corrected chi connectivity index (χ1v) is 9.13. The van der Waals surface area contributed by atoms with Crippen molar-refractivity contribution in [2.75, 3.05) is 18.1 Å². The average Bonchev–Trinajstić information content (AvgIpc) is 3.06. The van der Waals surface area contributed by atoms with Gasteiger partial charge >= 0.3 is 5.97 Å². The monoisotopic (exact) mass is 367 g/mol. The molecule has 2 unspecified atom stereocenters. The molecule has 3 atom stereocenters. The lowest BCUT2D eigenvalue weighted by Gasteiger charge is -2.52. The number of carboxylic acids is 1. The number of carbonyl (C=O) groups excluding carboxylic acids is 1. The highest BCUT2D eigenvalue weighted by atomic mass is 32.2. The maximum atomic E-state index is 11.9. The van der Waals surface area contributed by atoms with Crippen LogP contribution < -0.4 is 5.73 Å². The van der Waals surface area contributed by atoms with Gasteiger partial charge in [-0.2, -0.15) is 0 Å². The molecule has 12 heteroatoms. The van der Waals surface area contributed by atoms with Gasteiger partial charge in [-0.3, -0.25) is 9.59 Å². The number of aliphatic carboxylic acids is 1. The van der Waals surface area contributed by atoms with Crippen molar-refractivity contribution in [3.05, 3.63) is 12.1 Å². The van der Waals surface area contributed by atoms with Crippen LogP contribution in [0.1, 0.15) is 0 Å². The number of amides is 1. The predicted molar refractivity (Wildman–Crippen MR) is 85.3 cm³/mol. The largest absolute Gasteiger partial charge is 0.481 e. The van der Waals surface area contributed by atoms with Gasteiger partial charge in [-0.15, -0.1) is 38.4 Å². The fraction of sp³-hybridized carbons (Fsp3) is 0.500. The van der Waals surface area contributed by atoms with Gasteiger partial charge in [-0.1, -0.05) is 0 Å². The Labute approximate surface area is 144 Å². The van der Waals surface area contributed by atoms with Gasteiger partial charge in [0.25, 0.3) is 0 Å². The normalized spacial score (nSPS) is 29.4. The van der Waals surface area contributed by atoms with Crippen molar-refractivity contribution < 1.29 is 14.7 Å². The molecular weight excluding hydrogens is 354 g/mol. The minimum Gasteiger partial charge on any atom is -0.481 e. The second-order valence-corrected chi connectivity index (χ2v) is 7.87. The average molecular weight is 367 g/mol. The third-order valence-corrected chi connectivity index (χ3v) is 7.00. The standard InChI is InChI=1S/C12H13N7O3S2/c13-8-9(20)18-3-12(11(21)22,5-24-10(8)18)4-23-7-2-1-6-14-16-17-19(6)15-7/h1-2,8,10H,3-5,13H2,(H,21,22)/t8?,10-,12?/m1/s1. The first kappa shape index (κ1) is 15.6. The summed E-state index contributed by atoms with van der Waals surface area (Å²) in [5.41, 5.74) is 5.24. The number of nitrogens with zero attached hydrogens (tertiary/aromatic N) is 6. The minimum atomic E-state index is -1.03. The molecule has 2 aliphatic heterocycles. The molecule has 10 nitrogen and oxygen atoms in total. The molecule has 2 fully saturated rings. The summed E-state index contributed by atoms with van der Waals surface area (Å²) in [5.74, 6) is -0.402. The Bertz CT molecular complexity index is 830. The molecule has 0 aromatic carbocycles. The van der Waals surface area contributed by atoms with Crippen LogP contribution >= 0.6 is 23.5 Å². The van der Waals surface area contributed by atoms with E-state index < -0.39 is 17.4 Å². The maximum Gasteiger partial charge on any atom is 0.313 e. The molecular formula is C12H13N7O3S2. The van der Waals surface area contributed by atoms with E-state index in [4.69, 9.17) is 5.73 Å². The zero-order valence-corrected chi connectivity index (χ0v) is 13.9. The van der Waals surface area contributed by atoms with Crippen molar-refractivity contribution >= 4 is 41.0 Å². The third-order valence-electron chi connectivity index (χ3n) is 4.18. The Morgan fingerprint density at radius 2 is 2.38 bits per heavy atom. The van der Waals surface area contributed by atoms with Gasteiger partial charge in [0.05, 0.1) is 0 Å². The summed E-state index contributed by atoms with van der Waals surface area (Å²) in [6.45, 7) is 0.173. The summed E-state index contributed by atoms with van der Waals surface area (Å²) in [5, 5.41) is 25.5. The molecule has 0 saturated carbocycles. The molecule has 0 radical (unpaired) electrons. The minimum absolute atomic E-state index is 0.106. The smallest absolute Gasteiger partial charge is 0.313 e. The number of rotatable bonds is 4. The molecule has 2 saturated heterocycles. The highest BCUT2D eigenvalue weighted by molar-refractivity contribution is 8.00. The van der Waals surface area contributed by atoms with E-state index in [1.807, 2.05) is 0 Å². The molecule has 4 rings (SSSR count). The van der Waals surface area contributed by atoms with E-state index in [-0.39, 0.29) is 17.8 Å². The van der Waals surface area contributed by atoms with Crippen LogP contribution in [0.3, 0.4) is 0 Å². The van der Waals surface area contributed by atoms with Gasteiger partial charge < -0.3 is 15.7 Å². The molecule has 4 heterocycles. The number of hydrogen-bond donors (Lipinski definition) is 2. The van der Waals surface area contributed by atoms with E-state index in [9.17, 15) is 14.7 Å². The van der Waals surface area contributed by atoms with Crippen LogP contribution in [0.2, 0.25) is 0 Å². The van der Waals surface area contributed by atoms with E-state index in [1.54, 1.807) is 17.0 Å². The van der Waals surface area contributed by atoms with Crippen molar-refractivity contribution in [3.63, 3.8) is 0 Å². The van der Waals surface area contributed by atoms with Crippen LogP contribution in [0.15, 0.2) is 17.2 Å². The number of aromatic nitrogens is 5. The molecule has 2 aromatic rings. The van der Waals surface area contributed by atoms with Gasteiger partial charge in [0, 0.05) is 18.1 Å². The molecule has 1 amide bonds. The topological polar surface area (TPSA) is 140 Å². The number of nitrogens with two attached hydrogens (primary N) is 1. The van der Waals surface area contributed by atoms with Gasteiger partial charge in [0.2, 0.25) is 5.91 Å². The molecule has 0 spiro atoms. The summed E-state index contributed by atoms with van der Waals surface area (Å²) in [6.07, 6.45) is 0. The van der Waals surface area contributed by atoms with Crippen LogP contribution in [0.5, 0.6) is 0 Å². The zero-order valence-electron chi connectivity index (χ0n) is 12.3. The zero-order chi connectivity index (χ0) is 16.9. The van der Waals surface area contributed by atoms with Crippen LogP contribution in [0, 0.1) is 5.41 Å². The number of carboxylic acid groups (broad SMARTS) is 1. The first-order valence-electron chi connectivity index (χ1n) is 7.09. The molecule has 2 aliphatic rings. The molecule has 2 aromatic heterocycles. The number of hydrogen-bond acceptors (Lipinski definition) is 9. The van der Waals surface area contributed by atoms with E-state index in [2.05, 4.69) is 20.6 Å². The second-order valence-electron chi connectivity index (χ2n) is 5.77. The Balaban J connectivity index is 1.51. The summed E-state index contributed by atoms with van der Waals surface area (Å²) < 4.78 is 1.29. The van der Waals surface area contributed by atoms with Gasteiger partial charge in [-0.05, 0) is 22.6 Å². The SMILES string of the molecule is NC1C(=O)N2CC(CSc3ccc4nnnn4n3)(C(=O)O)CS[C@H]12. The van der Waals surface area contributed by atoms with Crippen molar-refractivity contribution in [1.29, 1.82) is 0 Å². The van der Waals surface area contributed by atoms with E-state index >= 15 is 0 Å². The van der Waals surface area contributed by atoms with Crippen molar-refractivity contribution in [2.45, 2.75) is 16.4 Å². The van der Waals surface area contributed by atoms with Crippen molar-refractivity contribution in [1.82, 2.24) is 30.2 Å². The van der Waals surface area contributed by atoms with Gasteiger partial charge in [0.15, 0.2) is 5.65 Å². The summed E-state index contributed by atoms with van der Waals surface area (Å²) in [6, 6.07) is 2.94. The quantitative estimate of drug-likeness (QED) is 0.507. The molecule has 24 heavy (non-hydrogen) atoms. The van der Waals surface area contributed by atoms with Crippen molar-refractivity contribution in [2.24, 2.45) is 11.1 Å². The molecule has 3 N–H and O–H groups in total. The Hall–Kier alpha value is -1.92. The lowest BCUT2D eigenvalue weighted by atomic mass is 9.89. The second kappa shape index (κ2) is 5.57. The Kier molecular flexibility index (Phi) is 3.62. The van der Waals surface area contributed by atoms with Crippen LogP contribution in [-0.2, 0) is 9.59 Å². The van der Waals surface area contributed by atoms with Crippen molar-refractivity contribution in [3.8, 4) is 0 Å². The third kappa shape index (κ3) is 2.32. The molecule has 0 bridgehead atoms. The fourth-order valence-electron chi connectivity index (χ4n) is 2.73. The lowest BCUT2D eigenvalue weighted by molar-refractivity contribution is -0.155. The molecule has 126 valence electrons. The van der Waals surface area contributed by atoms with Crippen LogP contribution in [0.25, 0.3) is 5.65 Å². The van der Waals surface area contributed by atoms with Crippen LogP contribution in [-0.4, -0.2) is 76.6 Å². The predicted octanol–water partition coefficient (Wildman–Crippen LogP) is -1.08. The number of thioether (sulfide) groups is 2. The molecule has 0 aliphatic carbocycles. The summed E-state index contributed by atoms with van der Waals surface area (Å²) >= 11 is 2.74. The summed E-state index contributed by atoms with van der Waals surface area (Å²) in [7, 11) is 0. The van der Waals surface area contributed by atoms with E-state index in [1.165, 1.54) is 28.2 Å². The summed E-state index contributed by atoms with van der Waals surface area (Å²) in [4.78, 5) is 25.3. The van der Waals surface area contributed by atoms with E-state index in [0.717, 1.165) is 0 Å². The number of fused-ring (bicyclic) bond motifs is 2.